The summed E-state index contributed by atoms with van der Waals surface area (Å²) in [6, 6.07) is 6.63. The monoisotopic (exact) mass is 242 g/mol. The quantitative estimate of drug-likeness (QED) is 0.895. The molecule has 0 unspecified atom stereocenters. The number of fused-ring (bicyclic) bond motifs is 1. The molecular weight excluding hydrogens is 224 g/mol. The summed E-state index contributed by atoms with van der Waals surface area (Å²) in [5.41, 5.74) is 4.12. The van der Waals surface area contributed by atoms with E-state index in [4.69, 9.17) is 4.42 Å². The number of aromatic nitrogens is 1. The van der Waals surface area contributed by atoms with Crippen molar-refractivity contribution in [3.8, 4) is 11.3 Å². The van der Waals surface area contributed by atoms with Crippen LogP contribution >= 0.6 is 0 Å². The Morgan fingerprint density at radius 3 is 3.06 bits per heavy atom. The van der Waals surface area contributed by atoms with E-state index >= 15 is 0 Å². The summed E-state index contributed by atoms with van der Waals surface area (Å²) in [5.74, 6) is 1.69. The van der Waals surface area contributed by atoms with E-state index in [0.717, 1.165) is 30.2 Å². The Labute approximate surface area is 107 Å². The molecule has 3 nitrogen and oxygen atoms in total. The predicted molar refractivity (Wildman–Crippen MR) is 71.6 cm³/mol. The Balaban J connectivity index is 1.83. The zero-order valence-electron chi connectivity index (χ0n) is 10.7. The van der Waals surface area contributed by atoms with Crippen LogP contribution < -0.4 is 5.32 Å². The summed E-state index contributed by atoms with van der Waals surface area (Å²) >= 11 is 0. The third-order valence-corrected chi connectivity index (χ3v) is 3.53. The minimum Gasteiger partial charge on any atom is -0.441 e. The normalized spacial score (nSPS) is 13.8. The maximum Gasteiger partial charge on any atom is 0.196 e. The third-order valence-electron chi connectivity index (χ3n) is 3.53. The molecule has 2 aromatic rings. The van der Waals surface area contributed by atoms with Crippen LogP contribution in [0.2, 0.25) is 0 Å². The minimum absolute atomic E-state index is 0.805. The smallest absolute Gasteiger partial charge is 0.196 e. The summed E-state index contributed by atoms with van der Waals surface area (Å²) in [4.78, 5) is 4.32. The van der Waals surface area contributed by atoms with Crippen molar-refractivity contribution in [3.05, 3.63) is 41.4 Å². The maximum atomic E-state index is 5.78. The van der Waals surface area contributed by atoms with Gasteiger partial charge in [-0.15, -0.1) is 0 Å². The average molecular weight is 242 g/mol. The van der Waals surface area contributed by atoms with E-state index in [2.05, 4.69) is 28.5 Å². The Kier molecular flexibility index (Phi) is 3.15. The molecule has 1 aliphatic rings. The molecule has 3 heteroatoms. The van der Waals surface area contributed by atoms with Crippen molar-refractivity contribution in [1.29, 1.82) is 0 Å². The first-order valence-electron chi connectivity index (χ1n) is 6.58. The van der Waals surface area contributed by atoms with Crippen LogP contribution in [0.15, 0.2) is 28.8 Å². The number of nitrogens with zero attached hydrogens (tertiary/aromatic N) is 1. The average Bonchev–Trinajstić information content (AvgIpc) is 3.04. The van der Waals surface area contributed by atoms with Gasteiger partial charge in [0.2, 0.25) is 0 Å². The molecular formula is C15H18N2O. The Morgan fingerprint density at radius 1 is 1.28 bits per heavy atom. The number of hydrogen-bond donors (Lipinski definition) is 1. The SMILES string of the molecule is CNCCc1ncc(-c2ccc3c(c2)CCC3)o1. The van der Waals surface area contributed by atoms with Crippen molar-refractivity contribution in [3.63, 3.8) is 0 Å². The highest BCUT2D eigenvalue weighted by Gasteiger charge is 2.13. The highest BCUT2D eigenvalue weighted by atomic mass is 16.4. The van der Waals surface area contributed by atoms with E-state index in [-0.39, 0.29) is 0 Å². The van der Waals surface area contributed by atoms with Gasteiger partial charge in [0.05, 0.1) is 6.20 Å². The zero-order valence-corrected chi connectivity index (χ0v) is 10.7. The molecule has 1 aromatic heterocycles. The van der Waals surface area contributed by atoms with Gasteiger partial charge in [-0.3, -0.25) is 0 Å². The van der Waals surface area contributed by atoms with Crippen LogP contribution in [-0.4, -0.2) is 18.6 Å². The standard InChI is InChI=1S/C15H18N2O/c1-16-8-7-15-17-10-14(18-15)13-6-5-11-3-2-4-12(11)9-13/h5-6,9-10,16H,2-4,7-8H2,1H3. The summed E-state index contributed by atoms with van der Waals surface area (Å²) in [6.45, 7) is 0.893. The van der Waals surface area contributed by atoms with E-state index in [0.29, 0.717) is 0 Å². The summed E-state index contributed by atoms with van der Waals surface area (Å²) in [7, 11) is 1.93. The molecule has 0 fully saturated rings. The van der Waals surface area contributed by atoms with E-state index in [1.165, 1.54) is 30.4 Å². The molecule has 1 aromatic carbocycles. The molecule has 0 amide bonds. The number of likely N-dealkylation sites (N-methyl/N-ethyl adjacent to an activating group) is 1. The topological polar surface area (TPSA) is 38.1 Å². The van der Waals surface area contributed by atoms with E-state index < -0.39 is 0 Å². The highest BCUT2D eigenvalue weighted by Crippen LogP contribution is 2.28. The van der Waals surface area contributed by atoms with Crippen LogP contribution in [-0.2, 0) is 19.3 Å². The second-order valence-corrected chi connectivity index (χ2v) is 4.81. The largest absolute Gasteiger partial charge is 0.441 e. The third kappa shape index (κ3) is 2.18. The molecule has 18 heavy (non-hydrogen) atoms. The fraction of sp³-hybridized carbons (Fsp3) is 0.400. The van der Waals surface area contributed by atoms with Crippen LogP contribution in [0.1, 0.15) is 23.4 Å². The van der Waals surface area contributed by atoms with Crippen molar-refractivity contribution in [2.24, 2.45) is 0 Å². The molecule has 0 radical (unpaired) electrons. The number of hydrogen-bond acceptors (Lipinski definition) is 3. The van der Waals surface area contributed by atoms with Gasteiger partial charge >= 0.3 is 0 Å². The van der Waals surface area contributed by atoms with Gasteiger partial charge < -0.3 is 9.73 Å². The number of aryl methyl sites for hydroxylation is 2. The van der Waals surface area contributed by atoms with E-state index in [1.807, 2.05) is 13.2 Å². The molecule has 0 atom stereocenters. The first-order valence-corrected chi connectivity index (χ1v) is 6.58. The number of benzene rings is 1. The van der Waals surface area contributed by atoms with Gasteiger partial charge in [0, 0.05) is 18.5 Å². The first kappa shape index (κ1) is 11.5. The molecule has 1 heterocycles. The lowest BCUT2D eigenvalue weighted by molar-refractivity contribution is 0.500. The second kappa shape index (κ2) is 4.94. The lowest BCUT2D eigenvalue weighted by atomic mass is 10.1. The maximum absolute atomic E-state index is 5.78. The van der Waals surface area contributed by atoms with Gasteiger partial charge in [-0.05, 0) is 43.5 Å². The lowest BCUT2D eigenvalue weighted by Crippen LogP contribution is -2.10. The molecule has 1 N–H and O–H groups in total. The van der Waals surface area contributed by atoms with Crippen molar-refractivity contribution in [1.82, 2.24) is 10.3 Å². The van der Waals surface area contributed by atoms with E-state index in [1.54, 1.807) is 0 Å². The van der Waals surface area contributed by atoms with Crippen molar-refractivity contribution < 1.29 is 4.42 Å². The predicted octanol–water partition coefficient (Wildman–Crippen LogP) is 2.59. The molecule has 0 spiro atoms. The second-order valence-electron chi connectivity index (χ2n) is 4.81. The first-order chi connectivity index (χ1) is 8.86. The van der Waals surface area contributed by atoms with Crippen LogP contribution in [0.4, 0.5) is 0 Å². The number of rotatable bonds is 4. The Hall–Kier alpha value is -1.61. The lowest BCUT2D eigenvalue weighted by Gasteiger charge is -2.01. The zero-order chi connectivity index (χ0) is 12.4. The van der Waals surface area contributed by atoms with Crippen LogP contribution in [0.3, 0.4) is 0 Å². The Bertz CT molecular complexity index is 545. The molecule has 0 saturated carbocycles. The number of nitrogens with one attached hydrogen (secondary N) is 1. The van der Waals surface area contributed by atoms with Crippen molar-refractivity contribution >= 4 is 0 Å². The fourth-order valence-corrected chi connectivity index (χ4v) is 2.52. The van der Waals surface area contributed by atoms with E-state index in [9.17, 15) is 0 Å². The summed E-state index contributed by atoms with van der Waals surface area (Å²) < 4.78 is 5.78. The highest BCUT2D eigenvalue weighted by molar-refractivity contribution is 5.59. The summed E-state index contributed by atoms with van der Waals surface area (Å²) in [5, 5.41) is 3.10. The summed E-state index contributed by atoms with van der Waals surface area (Å²) in [6.07, 6.45) is 6.37. The van der Waals surface area contributed by atoms with Gasteiger partial charge in [-0.2, -0.15) is 0 Å². The van der Waals surface area contributed by atoms with Gasteiger partial charge in [0.25, 0.3) is 0 Å². The number of oxazole rings is 1. The van der Waals surface area contributed by atoms with Gasteiger partial charge in [-0.25, -0.2) is 4.98 Å². The molecule has 94 valence electrons. The van der Waals surface area contributed by atoms with Crippen LogP contribution in [0, 0.1) is 0 Å². The van der Waals surface area contributed by atoms with Crippen LogP contribution in [0.25, 0.3) is 11.3 Å². The Morgan fingerprint density at radius 2 is 2.17 bits per heavy atom. The van der Waals surface area contributed by atoms with Gasteiger partial charge in [-0.1, -0.05) is 12.1 Å². The van der Waals surface area contributed by atoms with Crippen molar-refractivity contribution in [2.45, 2.75) is 25.7 Å². The van der Waals surface area contributed by atoms with Gasteiger partial charge in [0.15, 0.2) is 11.7 Å². The molecule has 0 bridgehead atoms. The molecule has 1 aliphatic carbocycles. The minimum atomic E-state index is 0.805. The van der Waals surface area contributed by atoms with Gasteiger partial charge in [0.1, 0.15) is 0 Å². The molecule has 3 rings (SSSR count). The molecule has 0 saturated heterocycles. The van der Waals surface area contributed by atoms with Crippen molar-refractivity contribution in [2.75, 3.05) is 13.6 Å². The van der Waals surface area contributed by atoms with Crippen LogP contribution in [0.5, 0.6) is 0 Å². The fourth-order valence-electron chi connectivity index (χ4n) is 2.52. The molecule has 0 aliphatic heterocycles.